The molecule has 3 rings (SSSR count). The molecule has 0 aliphatic rings. The second-order valence-electron chi connectivity index (χ2n) is 5.44. The number of urea groups is 1. The van der Waals surface area contributed by atoms with Crippen molar-refractivity contribution in [2.45, 2.75) is 0 Å². The van der Waals surface area contributed by atoms with E-state index < -0.39 is 12.0 Å². The highest BCUT2D eigenvalue weighted by Crippen LogP contribution is 2.36. The van der Waals surface area contributed by atoms with Crippen molar-refractivity contribution in [1.29, 1.82) is 0 Å². The molecule has 0 saturated carbocycles. The van der Waals surface area contributed by atoms with Gasteiger partial charge in [0.1, 0.15) is 16.4 Å². The van der Waals surface area contributed by atoms with Crippen molar-refractivity contribution >= 4 is 45.6 Å². The molecule has 0 saturated heterocycles. The van der Waals surface area contributed by atoms with E-state index in [1.165, 1.54) is 30.6 Å². The topological polar surface area (TPSA) is 67.4 Å². The van der Waals surface area contributed by atoms with Crippen molar-refractivity contribution < 1.29 is 18.7 Å². The minimum Gasteiger partial charge on any atom is -0.465 e. The first-order valence-corrected chi connectivity index (χ1v) is 9.03. The highest BCUT2D eigenvalue weighted by molar-refractivity contribution is 7.15. The third kappa shape index (κ3) is 4.45. The molecule has 8 heteroatoms. The van der Waals surface area contributed by atoms with E-state index in [9.17, 15) is 14.0 Å². The summed E-state index contributed by atoms with van der Waals surface area (Å²) in [4.78, 5) is 24.5. The number of benzene rings is 2. The summed E-state index contributed by atoms with van der Waals surface area (Å²) in [7, 11) is 1.25. The lowest BCUT2D eigenvalue weighted by atomic mass is 10.0. The quantitative estimate of drug-likeness (QED) is 0.553. The Morgan fingerprint density at radius 3 is 2.52 bits per heavy atom. The van der Waals surface area contributed by atoms with Gasteiger partial charge in [-0.2, -0.15) is 0 Å². The number of hydrogen-bond donors (Lipinski definition) is 2. The Labute approximate surface area is 163 Å². The molecule has 2 N–H and O–H groups in total. The molecular formula is C19H14ClFN2O3S. The van der Waals surface area contributed by atoms with E-state index >= 15 is 0 Å². The molecule has 2 aromatic carbocycles. The lowest BCUT2D eigenvalue weighted by Gasteiger charge is -2.09. The molecule has 27 heavy (non-hydrogen) atoms. The van der Waals surface area contributed by atoms with E-state index in [1.807, 2.05) is 0 Å². The Hall–Kier alpha value is -2.90. The van der Waals surface area contributed by atoms with E-state index in [0.717, 1.165) is 0 Å². The van der Waals surface area contributed by atoms with E-state index in [4.69, 9.17) is 16.3 Å². The molecule has 5 nitrogen and oxygen atoms in total. The summed E-state index contributed by atoms with van der Waals surface area (Å²) >= 11 is 7.07. The minimum atomic E-state index is -0.603. The number of anilines is 2. The fourth-order valence-electron chi connectivity index (χ4n) is 2.43. The minimum absolute atomic E-state index is 0.204. The predicted molar refractivity (Wildman–Crippen MR) is 105 cm³/mol. The maximum absolute atomic E-state index is 13.2. The molecule has 0 fully saturated rings. The van der Waals surface area contributed by atoms with Gasteiger partial charge in [-0.1, -0.05) is 29.8 Å². The van der Waals surface area contributed by atoms with Crippen LogP contribution in [0, 0.1) is 5.82 Å². The van der Waals surface area contributed by atoms with Crippen molar-refractivity contribution in [2.24, 2.45) is 0 Å². The van der Waals surface area contributed by atoms with Crippen LogP contribution in [0.3, 0.4) is 0 Å². The number of amides is 2. The van der Waals surface area contributed by atoms with Crippen molar-refractivity contribution in [2.75, 3.05) is 17.7 Å². The van der Waals surface area contributed by atoms with Gasteiger partial charge in [0.15, 0.2) is 0 Å². The standard InChI is InChI=1S/C19H14ClFN2O3S/c1-26-18(24)16-15(11-5-7-13(21)8-6-11)10-27-17(16)23-19(25)22-14-4-2-3-12(20)9-14/h2-10H,1H3,(H2,22,23,25). The van der Waals surface area contributed by atoms with Crippen molar-refractivity contribution in [3.05, 3.63) is 70.3 Å². The third-order valence-electron chi connectivity index (χ3n) is 3.65. The summed E-state index contributed by atoms with van der Waals surface area (Å²) in [5.41, 5.74) is 1.89. The Kier molecular flexibility index (Phi) is 5.73. The van der Waals surface area contributed by atoms with Crippen LogP contribution in [0.25, 0.3) is 11.1 Å². The van der Waals surface area contributed by atoms with Crippen LogP contribution in [0.4, 0.5) is 19.9 Å². The number of halogens is 2. The fraction of sp³-hybridized carbons (Fsp3) is 0.0526. The van der Waals surface area contributed by atoms with Gasteiger partial charge >= 0.3 is 12.0 Å². The zero-order chi connectivity index (χ0) is 19.4. The molecule has 0 spiro atoms. The highest BCUT2D eigenvalue weighted by Gasteiger charge is 2.22. The van der Waals surface area contributed by atoms with Gasteiger partial charge in [-0.3, -0.25) is 5.32 Å². The molecular weight excluding hydrogens is 391 g/mol. The number of methoxy groups -OCH3 is 1. The van der Waals surface area contributed by atoms with E-state index in [0.29, 0.717) is 26.8 Å². The lowest BCUT2D eigenvalue weighted by molar-refractivity contribution is 0.0603. The van der Waals surface area contributed by atoms with Crippen LogP contribution >= 0.6 is 22.9 Å². The summed E-state index contributed by atoms with van der Waals surface area (Å²) in [5.74, 6) is -0.985. The van der Waals surface area contributed by atoms with Crippen LogP contribution in [0.5, 0.6) is 0 Å². The summed E-state index contributed by atoms with van der Waals surface area (Å²) < 4.78 is 18.0. The maximum atomic E-state index is 13.2. The van der Waals surface area contributed by atoms with Gasteiger partial charge in [-0.05, 0) is 35.9 Å². The summed E-state index contributed by atoms with van der Waals surface area (Å²) in [6.07, 6.45) is 0. The molecule has 0 unspecified atom stereocenters. The van der Waals surface area contributed by atoms with Crippen molar-refractivity contribution in [1.82, 2.24) is 0 Å². The number of carbonyl (C=O) groups is 2. The molecule has 3 aromatic rings. The van der Waals surface area contributed by atoms with Gasteiger partial charge in [0.05, 0.1) is 7.11 Å². The number of rotatable bonds is 4. The van der Waals surface area contributed by atoms with Crippen molar-refractivity contribution in [3.8, 4) is 11.1 Å². The summed E-state index contributed by atoms with van der Waals surface area (Å²) in [6.45, 7) is 0. The summed E-state index contributed by atoms with van der Waals surface area (Å²) in [6, 6.07) is 11.9. The second-order valence-corrected chi connectivity index (χ2v) is 6.76. The van der Waals surface area contributed by atoms with Gasteiger partial charge in [0.25, 0.3) is 0 Å². The second kappa shape index (κ2) is 8.20. The Morgan fingerprint density at radius 1 is 1.11 bits per heavy atom. The highest BCUT2D eigenvalue weighted by atomic mass is 35.5. The molecule has 1 aromatic heterocycles. The van der Waals surface area contributed by atoms with Gasteiger partial charge in [-0.15, -0.1) is 11.3 Å². The third-order valence-corrected chi connectivity index (χ3v) is 4.78. The number of esters is 1. The molecule has 0 bridgehead atoms. The molecule has 1 heterocycles. The van der Waals surface area contributed by atoms with Crippen LogP contribution < -0.4 is 10.6 Å². The van der Waals surface area contributed by atoms with E-state index in [2.05, 4.69) is 10.6 Å². The smallest absolute Gasteiger partial charge is 0.341 e. The van der Waals surface area contributed by atoms with Crippen LogP contribution in [0.15, 0.2) is 53.9 Å². The normalized spacial score (nSPS) is 10.3. The molecule has 2 amide bonds. The predicted octanol–water partition coefficient (Wildman–Crippen LogP) is 5.64. The Morgan fingerprint density at radius 2 is 1.85 bits per heavy atom. The molecule has 0 radical (unpaired) electrons. The zero-order valence-corrected chi connectivity index (χ0v) is 15.7. The monoisotopic (exact) mass is 404 g/mol. The zero-order valence-electron chi connectivity index (χ0n) is 14.1. The Bertz CT molecular complexity index is 989. The molecule has 0 aliphatic heterocycles. The van der Waals surface area contributed by atoms with Gasteiger partial charge in [0.2, 0.25) is 0 Å². The van der Waals surface area contributed by atoms with Crippen LogP contribution in [0.1, 0.15) is 10.4 Å². The van der Waals surface area contributed by atoms with Gasteiger partial charge in [0, 0.05) is 21.7 Å². The maximum Gasteiger partial charge on any atom is 0.341 e. The number of ether oxygens (including phenoxy) is 1. The average Bonchev–Trinajstić information content (AvgIpc) is 3.05. The van der Waals surface area contributed by atoms with E-state index in [-0.39, 0.29) is 11.4 Å². The van der Waals surface area contributed by atoms with Crippen molar-refractivity contribution in [3.63, 3.8) is 0 Å². The number of carbonyl (C=O) groups excluding carboxylic acids is 2. The van der Waals surface area contributed by atoms with Gasteiger partial charge in [-0.25, -0.2) is 14.0 Å². The largest absolute Gasteiger partial charge is 0.465 e. The Balaban J connectivity index is 1.87. The number of nitrogens with one attached hydrogen (secondary N) is 2. The summed E-state index contributed by atoms with van der Waals surface area (Å²) in [5, 5.41) is 7.80. The number of hydrogen-bond acceptors (Lipinski definition) is 4. The lowest BCUT2D eigenvalue weighted by Crippen LogP contribution is -2.20. The fourth-order valence-corrected chi connectivity index (χ4v) is 3.57. The first-order chi connectivity index (χ1) is 13.0. The molecule has 0 atom stereocenters. The first kappa shape index (κ1) is 18.9. The van der Waals surface area contributed by atoms with Crippen LogP contribution in [-0.4, -0.2) is 19.1 Å². The first-order valence-electron chi connectivity index (χ1n) is 7.77. The van der Waals surface area contributed by atoms with Crippen LogP contribution in [0.2, 0.25) is 5.02 Å². The van der Waals surface area contributed by atoms with Crippen LogP contribution in [-0.2, 0) is 4.74 Å². The SMILES string of the molecule is COC(=O)c1c(-c2ccc(F)cc2)csc1NC(=O)Nc1cccc(Cl)c1. The average molecular weight is 405 g/mol. The number of thiophene rings is 1. The van der Waals surface area contributed by atoms with Gasteiger partial charge < -0.3 is 10.1 Å². The molecule has 138 valence electrons. The van der Waals surface area contributed by atoms with E-state index in [1.54, 1.807) is 41.8 Å². The molecule has 0 aliphatic carbocycles.